The van der Waals surface area contributed by atoms with Crippen LogP contribution in [-0.2, 0) is 14.3 Å². The Labute approximate surface area is 130 Å². The van der Waals surface area contributed by atoms with Gasteiger partial charge in [-0.25, -0.2) is 9.59 Å². The lowest BCUT2D eigenvalue weighted by molar-refractivity contribution is -0.147. The van der Waals surface area contributed by atoms with E-state index in [1.165, 1.54) is 25.6 Å². The highest BCUT2D eigenvalue weighted by molar-refractivity contribution is 7.21. The summed E-state index contributed by atoms with van der Waals surface area (Å²) in [7, 11) is 2.56. The summed E-state index contributed by atoms with van der Waals surface area (Å²) in [5.41, 5.74) is 0. The average Bonchev–Trinajstić information content (AvgIpc) is 2.83. The molecule has 0 aliphatic rings. The number of esters is 2. The van der Waals surface area contributed by atoms with Crippen LogP contribution >= 0.6 is 22.9 Å². The van der Waals surface area contributed by atoms with Crippen LogP contribution in [0.4, 0.5) is 0 Å². The third kappa shape index (κ3) is 3.11. The molecule has 1 heterocycles. The third-order valence-electron chi connectivity index (χ3n) is 2.81. The molecule has 7 heteroatoms. The van der Waals surface area contributed by atoms with Crippen LogP contribution in [0, 0.1) is 0 Å². The van der Waals surface area contributed by atoms with E-state index in [4.69, 9.17) is 21.1 Å². The van der Waals surface area contributed by atoms with Gasteiger partial charge >= 0.3 is 11.9 Å². The molecule has 0 amide bonds. The lowest BCUT2D eigenvalue weighted by atomic mass is 10.2. The van der Waals surface area contributed by atoms with E-state index < -0.39 is 18.0 Å². The van der Waals surface area contributed by atoms with Crippen molar-refractivity contribution in [2.75, 3.05) is 14.2 Å². The first-order valence-corrected chi connectivity index (χ1v) is 7.22. The maximum Gasteiger partial charge on any atom is 0.351 e. The molecular formula is C14H13ClO5S. The van der Waals surface area contributed by atoms with E-state index in [9.17, 15) is 9.59 Å². The molecule has 21 heavy (non-hydrogen) atoms. The molecule has 0 saturated heterocycles. The predicted octanol–water partition coefficient (Wildman–Crippen LogP) is 3.28. The Balaban J connectivity index is 2.52. The highest BCUT2D eigenvalue weighted by Gasteiger charge is 2.25. The lowest BCUT2D eigenvalue weighted by Gasteiger charge is -2.13. The first kappa shape index (κ1) is 15.6. The second kappa shape index (κ2) is 6.32. The van der Waals surface area contributed by atoms with Crippen molar-refractivity contribution in [1.82, 2.24) is 0 Å². The highest BCUT2D eigenvalue weighted by atomic mass is 35.5. The Hall–Kier alpha value is -1.79. The minimum atomic E-state index is -0.841. The Morgan fingerprint density at radius 2 is 1.95 bits per heavy atom. The number of rotatable bonds is 4. The van der Waals surface area contributed by atoms with Crippen molar-refractivity contribution < 1.29 is 23.8 Å². The molecule has 1 unspecified atom stereocenters. The number of halogens is 1. The van der Waals surface area contributed by atoms with Crippen molar-refractivity contribution in [1.29, 1.82) is 0 Å². The Morgan fingerprint density at radius 3 is 2.57 bits per heavy atom. The third-order valence-corrected chi connectivity index (χ3v) is 4.15. The Bertz CT molecular complexity index is 694. The van der Waals surface area contributed by atoms with Crippen molar-refractivity contribution in [2.24, 2.45) is 0 Å². The zero-order valence-corrected chi connectivity index (χ0v) is 13.2. The Morgan fingerprint density at radius 1 is 1.24 bits per heavy atom. The van der Waals surface area contributed by atoms with Crippen molar-refractivity contribution in [3.05, 3.63) is 28.1 Å². The van der Waals surface area contributed by atoms with E-state index in [1.807, 2.05) is 0 Å². The van der Waals surface area contributed by atoms with Crippen LogP contribution < -0.4 is 4.74 Å². The number of carbonyl (C=O) groups excluding carboxylic acids is 2. The van der Waals surface area contributed by atoms with Gasteiger partial charge in [0.15, 0.2) is 16.7 Å². The van der Waals surface area contributed by atoms with Crippen LogP contribution in [0.2, 0.25) is 5.02 Å². The van der Waals surface area contributed by atoms with E-state index in [-0.39, 0.29) is 4.88 Å². The smallest absolute Gasteiger partial charge is 0.351 e. The summed E-state index contributed by atoms with van der Waals surface area (Å²) < 4.78 is 15.7. The SMILES string of the molecule is COC(=O)c1sc2cc(Cl)ccc2c1OC(C)C(=O)OC. The van der Waals surface area contributed by atoms with Crippen LogP contribution in [0.15, 0.2) is 18.2 Å². The second-order valence-electron chi connectivity index (χ2n) is 4.18. The van der Waals surface area contributed by atoms with Gasteiger partial charge in [-0.3, -0.25) is 0 Å². The number of hydrogen-bond donors (Lipinski definition) is 0. The number of hydrogen-bond acceptors (Lipinski definition) is 6. The molecule has 0 fully saturated rings. The number of thiophene rings is 1. The number of ether oxygens (including phenoxy) is 3. The first-order chi connectivity index (χ1) is 9.97. The monoisotopic (exact) mass is 328 g/mol. The fourth-order valence-corrected chi connectivity index (χ4v) is 3.11. The van der Waals surface area contributed by atoms with Crippen molar-refractivity contribution in [2.45, 2.75) is 13.0 Å². The van der Waals surface area contributed by atoms with Gasteiger partial charge in [0, 0.05) is 15.1 Å². The van der Waals surface area contributed by atoms with Crippen LogP contribution in [0.25, 0.3) is 10.1 Å². The minimum Gasteiger partial charge on any atom is -0.477 e. The topological polar surface area (TPSA) is 61.8 Å². The molecule has 0 aliphatic heterocycles. The molecule has 0 N–H and O–H groups in total. The molecule has 5 nitrogen and oxygen atoms in total. The zero-order chi connectivity index (χ0) is 15.6. The minimum absolute atomic E-state index is 0.283. The molecule has 2 rings (SSSR count). The van der Waals surface area contributed by atoms with Gasteiger partial charge in [0.1, 0.15) is 0 Å². The van der Waals surface area contributed by atoms with E-state index in [0.717, 1.165) is 4.70 Å². The predicted molar refractivity (Wildman–Crippen MR) is 80.3 cm³/mol. The van der Waals surface area contributed by atoms with Gasteiger partial charge in [0.05, 0.1) is 14.2 Å². The molecule has 0 saturated carbocycles. The van der Waals surface area contributed by atoms with Crippen LogP contribution in [0.1, 0.15) is 16.6 Å². The molecule has 1 atom stereocenters. The summed E-state index contributed by atoms with van der Waals surface area (Å²) in [6, 6.07) is 5.15. The van der Waals surface area contributed by atoms with Crippen LogP contribution in [0.5, 0.6) is 5.75 Å². The van der Waals surface area contributed by atoms with E-state index in [1.54, 1.807) is 25.1 Å². The van der Waals surface area contributed by atoms with E-state index in [0.29, 0.717) is 16.2 Å². The molecule has 0 radical (unpaired) electrons. The molecule has 1 aromatic carbocycles. The summed E-state index contributed by atoms with van der Waals surface area (Å²) in [6.45, 7) is 1.55. The Kier molecular flexibility index (Phi) is 4.69. The van der Waals surface area contributed by atoms with Crippen LogP contribution in [-0.4, -0.2) is 32.3 Å². The van der Waals surface area contributed by atoms with E-state index >= 15 is 0 Å². The van der Waals surface area contributed by atoms with Crippen molar-refractivity contribution in [3.63, 3.8) is 0 Å². The summed E-state index contributed by atoms with van der Waals surface area (Å²) in [5, 5.41) is 1.24. The molecule has 0 bridgehead atoms. The van der Waals surface area contributed by atoms with Crippen molar-refractivity contribution >= 4 is 45.0 Å². The average molecular weight is 329 g/mol. The number of methoxy groups -OCH3 is 2. The molecule has 112 valence electrons. The number of benzene rings is 1. The largest absolute Gasteiger partial charge is 0.477 e. The highest BCUT2D eigenvalue weighted by Crippen LogP contribution is 2.40. The van der Waals surface area contributed by atoms with Gasteiger partial charge in [-0.2, -0.15) is 0 Å². The standard InChI is InChI=1S/C14H13ClO5S/c1-7(13(16)18-2)20-11-9-5-4-8(15)6-10(9)21-12(11)14(17)19-3/h4-7H,1-3H3. The van der Waals surface area contributed by atoms with Gasteiger partial charge in [-0.1, -0.05) is 11.6 Å². The number of carbonyl (C=O) groups is 2. The van der Waals surface area contributed by atoms with Crippen LogP contribution in [0.3, 0.4) is 0 Å². The summed E-state index contributed by atoms with van der Waals surface area (Å²) in [6.07, 6.45) is -0.841. The van der Waals surface area contributed by atoms with Gasteiger partial charge in [-0.05, 0) is 25.1 Å². The molecular weight excluding hydrogens is 316 g/mol. The van der Waals surface area contributed by atoms with Gasteiger partial charge in [-0.15, -0.1) is 11.3 Å². The van der Waals surface area contributed by atoms with Gasteiger partial charge in [0.25, 0.3) is 0 Å². The summed E-state index contributed by atoms with van der Waals surface area (Å²) >= 11 is 7.14. The quantitative estimate of drug-likeness (QED) is 0.806. The summed E-state index contributed by atoms with van der Waals surface area (Å²) in [4.78, 5) is 23.6. The maximum atomic E-state index is 11.9. The normalized spacial score (nSPS) is 12.0. The maximum absolute atomic E-state index is 11.9. The van der Waals surface area contributed by atoms with Gasteiger partial charge in [0.2, 0.25) is 0 Å². The summed E-state index contributed by atoms with van der Waals surface area (Å²) in [5.74, 6) is -0.755. The molecule has 1 aromatic heterocycles. The second-order valence-corrected chi connectivity index (χ2v) is 5.66. The molecule has 2 aromatic rings. The lowest BCUT2D eigenvalue weighted by Crippen LogP contribution is -2.25. The van der Waals surface area contributed by atoms with Crippen molar-refractivity contribution in [3.8, 4) is 5.75 Å². The molecule has 0 aliphatic carbocycles. The van der Waals surface area contributed by atoms with E-state index in [2.05, 4.69) is 4.74 Å². The fourth-order valence-electron chi connectivity index (χ4n) is 1.78. The first-order valence-electron chi connectivity index (χ1n) is 6.02. The zero-order valence-electron chi connectivity index (χ0n) is 11.6. The molecule has 0 spiro atoms. The number of fused-ring (bicyclic) bond motifs is 1. The fraction of sp³-hybridized carbons (Fsp3) is 0.286. The van der Waals surface area contributed by atoms with Gasteiger partial charge < -0.3 is 14.2 Å².